The summed E-state index contributed by atoms with van der Waals surface area (Å²) in [6.45, 7) is 3.39. The van der Waals surface area contributed by atoms with Crippen molar-refractivity contribution in [2.45, 2.75) is 19.1 Å². The maximum absolute atomic E-state index is 9.16. The summed E-state index contributed by atoms with van der Waals surface area (Å²) in [6, 6.07) is 2.22. The van der Waals surface area contributed by atoms with Crippen molar-refractivity contribution in [3.05, 3.63) is 21.2 Å². The number of hydrogen-bond donors (Lipinski definition) is 1. The highest BCUT2D eigenvalue weighted by Gasteiger charge is 2.27. The molecule has 2 atom stereocenters. The third-order valence-corrected chi connectivity index (χ3v) is 3.79. The summed E-state index contributed by atoms with van der Waals surface area (Å²) in [5.41, 5.74) is 0. The number of morpholine rings is 1. The number of pyridine rings is 1. The van der Waals surface area contributed by atoms with E-state index in [0.29, 0.717) is 13.2 Å². The largest absolute Gasteiger partial charge is 0.394 e. The number of halogens is 2. The first-order valence-electron chi connectivity index (χ1n) is 5.42. The van der Waals surface area contributed by atoms with Crippen molar-refractivity contribution in [3.8, 4) is 0 Å². The van der Waals surface area contributed by atoms with Gasteiger partial charge in [0.1, 0.15) is 5.82 Å². The SMILES string of the molecule is CC1COC(CO)CN1c1ncc(Br)cc1Br. The van der Waals surface area contributed by atoms with E-state index in [1.165, 1.54) is 0 Å². The van der Waals surface area contributed by atoms with Gasteiger partial charge in [-0.15, -0.1) is 0 Å². The summed E-state index contributed by atoms with van der Waals surface area (Å²) in [4.78, 5) is 6.57. The Morgan fingerprint density at radius 3 is 3.00 bits per heavy atom. The van der Waals surface area contributed by atoms with Crippen molar-refractivity contribution < 1.29 is 9.84 Å². The van der Waals surface area contributed by atoms with Crippen molar-refractivity contribution in [2.24, 2.45) is 0 Å². The number of nitrogens with zero attached hydrogens (tertiary/aromatic N) is 2. The van der Waals surface area contributed by atoms with Crippen LogP contribution in [-0.4, -0.2) is 42.0 Å². The van der Waals surface area contributed by atoms with Gasteiger partial charge in [0.05, 0.1) is 29.8 Å². The van der Waals surface area contributed by atoms with E-state index < -0.39 is 0 Å². The van der Waals surface area contributed by atoms with Crippen LogP contribution >= 0.6 is 31.9 Å². The molecule has 1 aromatic heterocycles. The molecule has 2 rings (SSSR count). The molecular weight excluding hydrogens is 352 g/mol. The van der Waals surface area contributed by atoms with Gasteiger partial charge in [-0.1, -0.05) is 0 Å². The first kappa shape index (κ1) is 13.3. The minimum Gasteiger partial charge on any atom is -0.394 e. The smallest absolute Gasteiger partial charge is 0.143 e. The molecule has 2 heterocycles. The fraction of sp³-hybridized carbons (Fsp3) is 0.545. The lowest BCUT2D eigenvalue weighted by molar-refractivity contribution is -0.0106. The van der Waals surface area contributed by atoms with E-state index in [1.54, 1.807) is 6.20 Å². The van der Waals surface area contributed by atoms with E-state index in [-0.39, 0.29) is 18.8 Å². The second-order valence-corrected chi connectivity index (χ2v) is 5.87. The topological polar surface area (TPSA) is 45.6 Å². The molecule has 0 bridgehead atoms. The molecule has 1 fully saturated rings. The van der Waals surface area contributed by atoms with Crippen LogP contribution in [0, 0.1) is 0 Å². The molecule has 0 spiro atoms. The molecule has 6 heteroatoms. The zero-order valence-corrected chi connectivity index (χ0v) is 12.6. The van der Waals surface area contributed by atoms with Crippen molar-refractivity contribution in [1.82, 2.24) is 4.98 Å². The molecule has 1 saturated heterocycles. The average Bonchev–Trinajstić information content (AvgIpc) is 2.30. The molecule has 0 radical (unpaired) electrons. The molecule has 2 unspecified atom stereocenters. The molecule has 4 nitrogen and oxygen atoms in total. The van der Waals surface area contributed by atoms with Crippen LogP contribution in [0.25, 0.3) is 0 Å². The summed E-state index contributed by atoms with van der Waals surface area (Å²) >= 11 is 6.90. The number of ether oxygens (including phenoxy) is 1. The molecule has 0 aromatic carbocycles. The summed E-state index contributed by atoms with van der Waals surface area (Å²) in [7, 11) is 0. The molecule has 1 aromatic rings. The zero-order valence-electron chi connectivity index (χ0n) is 9.44. The highest BCUT2D eigenvalue weighted by atomic mass is 79.9. The van der Waals surface area contributed by atoms with Crippen LogP contribution < -0.4 is 4.90 Å². The molecule has 0 aliphatic carbocycles. The first-order valence-corrected chi connectivity index (χ1v) is 7.00. The lowest BCUT2D eigenvalue weighted by Crippen LogP contribution is -2.50. The van der Waals surface area contributed by atoms with Gasteiger partial charge in [-0.2, -0.15) is 0 Å². The Kier molecular flexibility index (Phi) is 4.41. The maximum Gasteiger partial charge on any atom is 0.143 e. The standard InChI is InChI=1S/C11H14Br2N2O2/c1-7-6-17-9(5-16)4-15(7)11-10(13)2-8(12)3-14-11/h2-3,7,9,16H,4-6H2,1H3. The van der Waals surface area contributed by atoms with Crippen molar-refractivity contribution in [3.63, 3.8) is 0 Å². The van der Waals surface area contributed by atoms with Crippen LogP contribution in [0.5, 0.6) is 0 Å². The van der Waals surface area contributed by atoms with Crippen molar-refractivity contribution in [1.29, 1.82) is 0 Å². The van der Waals surface area contributed by atoms with Gasteiger partial charge in [-0.3, -0.25) is 0 Å². The van der Waals surface area contributed by atoms with Crippen LogP contribution in [0.2, 0.25) is 0 Å². The van der Waals surface area contributed by atoms with Crippen LogP contribution in [0.1, 0.15) is 6.92 Å². The van der Waals surface area contributed by atoms with E-state index in [9.17, 15) is 0 Å². The third kappa shape index (κ3) is 2.99. The summed E-state index contributed by atoms with van der Waals surface area (Å²) in [6.07, 6.45) is 1.64. The molecule has 1 aliphatic rings. The Balaban J connectivity index is 2.24. The Labute approximate surface area is 117 Å². The van der Waals surface area contributed by atoms with Crippen LogP contribution in [0.4, 0.5) is 5.82 Å². The number of aliphatic hydroxyl groups is 1. The lowest BCUT2D eigenvalue weighted by Gasteiger charge is -2.38. The van der Waals surface area contributed by atoms with Gasteiger partial charge >= 0.3 is 0 Å². The number of anilines is 1. The van der Waals surface area contributed by atoms with Crippen LogP contribution in [-0.2, 0) is 4.74 Å². The Morgan fingerprint density at radius 2 is 2.35 bits per heavy atom. The predicted octanol–water partition coefficient (Wildman–Crippen LogP) is 2.19. The van der Waals surface area contributed by atoms with Crippen molar-refractivity contribution in [2.75, 3.05) is 24.7 Å². The van der Waals surface area contributed by atoms with E-state index in [1.807, 2.05) is 6.07 Å². The second-order valence-electron chi connectivity index (χ2n) is 4.10. The Hall–Kier alpha value is -0.170. The first-order chi connectivity index (χ1) is 8.11. The number of rotatable bonds is 2. The van der Waals surface area contributed by atoms with Crippen LogP contribution in [0.3, 0.4) is 0 Å². The average molecular weight is 366 g/mol. The van der Waals surface area contributed by atoms with Gasteiger partial charge in [-0.05, 0) is 44.8 Å². The third-order valence-electron chi connectivity index (χ3n) is 2.77. The van der Waals surface area contributed by atoms with Crippen molar-refractivity contribution >= 4 is 37.7 Å². The molecule has 94 valence electrons. The fourth-order valence-corrected chi connectivity index (χ4v) is 3.06. The lowest BCUT2D eigenvalue weighted by atomic mass is 10.2. The molecule has 0 amide bonds. The highest BCUT2D eigenvalue weighted by Crippen LogP contribution is 2.29. The van der Waals surface area contributed by atoms with Gasteiger partial charge in [0.25, 0.3) is 0 Å². The predicted molar refractivity (Wildman–Crippen MR) is 73.3 cm³/mol. The van der Waals surface area contributed by atoms with Gasteiger partial charge in [0, 0.05) is 17.2 Å². The monoisotopic (exact) mass is 364 g/mol. The van der Waals surface area contributed by atoms with Crippen LogP contribution in [0.15, 0.2) is 21.2 Å². The van der Waals surface area contributed by atoms with E-state index >= 15 is 0 Å². The minimum absolute atomic E-state index is 0.0391. The second kappa shape index (κ2) is 5.65. The Bertz CT molecular complexity index is 403. The van der Waals surface area contributed by atoms with Gasteiger partial charge in [0.2, 0.25) is 0 Å². The summed E-state index contributed by atoms with van der Waals surface area (Å²) in [5.74, 6) is 0.891. The minimum atomic E-state index is -0.136. The Morgan fingerprint density at radius 1 is 1.59 bits per heavy atom. The highest BCUT2D eigenvalue weighted by molar-refractivity contribution is 9.11. The number of aromatic nitrogens is 1. The normalized spacial score (nSPS) is 25.1. The molecule has 1 N–H and O–H groups in total. The van der Waals surface area contributed by atoms with Gasteiger partial charge in [-0.25, -0.2) is 4.98 Å². The summed E-state index contributed by atoms with van der Waals surface area (Å²) < 4.78 is 7.39. The van der Waals surface area contributed by atoms with E-state index in [4.69, 9.17) is 9.84 Å². The van der Waals surface area contributed by atoms with E-state index in [2.05, 4.69) is 48.7 Å². The molecular formula is C11H14Br2N2O2. The summed E-state index contributed by atoms with van der Waals surface area (Å²) in [5, 5.41) is 9.16. The maximum atomic E-state index is 9.16. The van der Waals surface area contributed by atoms with Gasteiger partial charge < -0.3 is 14.7 Å². The van der Waals surface area contributed by atoms with Gasteiger partial charge in [0.15, 0.2) is 0 Å². The zero-order chi connectivity index (χ0) is 12.4. The fourth-order valence-electron chi connectivity index (χ4n) is 1.84. The van der Waals surface area contributed by atoms with E-state index in [0.717, 1.165) is 14.8 Å². The molecule has 0 saturated carbocycles. The number of hydrogen-bond acceptors (Lipinski definition) is 4. The number of aliphatic hydroxyl groups excluding tert-OH is 1. The molecule has 1 aliphatic heterocycles. The quantitative estimate of drug-likeness (QED) is 0.872. The molecule has 17 heavy (non-hydrogen) atoms.